The number of hydrogen-bond acceptors (Lipinski definition) is 12. The molecule has 147 heavy (non-hydrogen) atoms. The van der Waals surface area contributed by atoms with Crippen molar-refractivity contribution in [2.24, 2.45) is 0 Å². The summed E-state index contributed by atoms with van der Waals surface area (Å²) >= 11 is 0. The zero-order chi connectivity index (χ0) is 95.4. The molecule has 0 spiro atoms. The van der Waals surface area contributed by atoms with E-state index in [2.05, 4.69) is 306 Å². The first kappa shape index (κ1) is 106. The Balaban J connectivity index is 0.000000104. The van der Waals surface area contributed by atoms with Crippen LogP contribution in [0.4, 0.5) is 85.3 Å². The van der Waals surface area contributed by atoms with Gasteiger partial charge in [-0.3, -0.25) is 4.98 Å². The summed E-state index contributed by atoms with van der Waals surface area (Å²) in [6, 6.07) is 84.7. The van der Waals surface area contributed by atoms with E-state index in [0.29, 0.717) is 65.8 Å². The minimum atomic E-state index is 0. The van der Waals surface area contributed by atoms with Gasteiger partial charge in [0.1, 0.15) is 13.1 Å². The van der Waals surface area contributed by atoms with Crippen molar-refractivity contribution in [1.29, 1.82) is 0 Å². The molecule has 0 saturated carbocycles. The van der Waals surface area contributed by atoms with E-state index in [4.69, 9.17) is 19.7 Å². The van der Waals surface area contributed by atoms with Crippen LogP contribution in [0.5, 0.6) is 0 Å². The SMILES string of the molecule is CC1=C2C=Cc3cccc4c3N2C(C1)C4.CC1=C2C=Cc3cncc4c3N2C(C1)C4.[C-]#[N+]c1c[c-]c2c(c1)CC1CC(C)=C([CH2-])N21.[C-]#[N+]c1c[c-]c2c(c1)CC1Cc3ccc[c-]c3N21.[C-]#[N+]c1cc2c3c(c1)CC1CC(C)=C(C=C2)N31.[CH2-]C1=C(C)CC2Cc3ccc[c-]c3N12.[CH2-]C1=C(C)CC2Cc3cnc[c-]c3N12.[Y].[Y].[Y].[Y].[Y].[Y].[c-]1cccc2c1N1c3[c-]cccc3CC1C2.[c-]1cccc2c1N1c3[c-]cncc3CC1C2. The molecule has 24 heterocycles. The fourth-order valence-electron chi connectivity index (χ4n) is 26.4. The van der Waals surface area contributed by atoms with Crippen LogP contribution in [-0.2, 0) is 273 Å². The summed E-state index contributed by atoms with van der Waals surface area (Å²) in [7, 11) is 0. The molecule has 21 heteroatoms. The summed E-state index contributed by atoms with van der Waals surface area (Å²) in [4.78, 5) is 44.7. The van der Waals surface area contributed by atoms with Crippen LogP contribution in [0.15, 0.2) is 269 Å². The molecule has 12 aromatic rings. The molecule has 0 fully saturated rings. The van der Waals surface area contributed by atoms with Crippen LogP contribution in [0, 0.1) is 95.1 Å². The maximum atomic E-state index is 7.16. The Kier molecular flexibility index (Phi) is 31.8. The van der Waals surface area contributed by atoms with Crippen molar-refractivity contribution < 1.29 is 196 Å². The number of pyridine rings is 3. The number of anilines is 12. The van der Waals surface area contributed by atoms with Crippen LogP contribution in [0.1, 0.15) is 164 Å². The van der Waals surface area contributed by atoms with Gasteiger partial charge in [-0.25, -0.2) is 47.4 Å². The molecule has 8 unspecified atom stereocenters. The Morgan fingerprint density at radius 3 is 0.952 bits per heavy atom. The van der Waals surface area contributed by atoms with Gasteiger partial charge in [0.05, 0.1) is 17.9 Å². The van der Waals surface area contributed by atoms with Gasteiger partial charge < -0.3 is 54.1 Å². The molecule has 6 radical (unpaired) electrons. The van der Waals surface area contributed by atoms with E-state index in [9.17, 15) is 0 Å². The summed E-state index contributed by atoms with van der Waals surface area (Å²) in [5, 5.41) is 0. The largest absolute Gasteiger partial charge is 0.409 e. The van der Waals surface area contributed by atoms with Gasteiger partial charge in [-0.15, -0.1) is 88.2 Å². The number of rotatable bonds is 0. The van der Waals surface area contributed by atoms with E-state index in [-0.39, 0.29) is 196 Å². The van der Waals surface area contributed by atoms with Gasteiger partial charge in [0, 0.05) is 291 Å². The van der Waals surface area contributed by atoms with E-state index in [1.165, 1.54) is 230 Å². The second-order valence-electron chi connectivity index (χ2n) is 41.1. The van der Waals surface area contributed by atoms with Crippen molar-refractivity contribution in [3.05, 3.63) is 462 Å². The molecule has 0 aliphatic carbocycles. The van der Waals surface area contributed by atoms with Crippen molar-refractivity contribution in [3.63, 3.8) is 0 Å². The molecule has 0 bridgehead atoms. The van der Waals surface area contributed by atoms with Crippen molar-refractivity contribution in [3.8, 4) is 0 Å². The Labute approximate surface area is 1020 Å². The maximum absolute atomic E-state index is 7.16. The minimum absolute atomic E-state index is 0. The molecule has 3 aromatic heterocycles. The average molecular weight is 2360 g/mol. The monoisotopic (exact) mass is 2360 g/mol. The normalized spacial score (nSPS) is 21.2. The van der Waals surface area contributed by atoms with Gasteiger partial charge >= 0.3 is 0 Å². The fraction of sp³-hybridized carbons (Fsp3) is 0.262. The summed E-state index contributed by atoms with van der Waals surface area (Å²) in [5.74, 6) is 0. The number of fused-ring (bicyclic) bond motifs is 24. The molecule has 8 atom stereocenters. The molecule has 9 aromatic carbocycles. The third-order valence-electron chi connectivity index (χ3n) is 32.5. The summed E-state index contributed by atoms with van der Waals surface area (Å²) in [6.07, 6.45) is 45.1. The molecule has 33 rings (SSSR count). The predicted molar refractivity (Wildman–Crippen MR) is 566 cm³/mol. The molecule has 21 aliphatic heterocycles. The smallest absolute Gasteiger partial charge is 0.208 e. The number of benzene rings is 9. The van der Waals surface area contributed by atoms with Crippen LogP contribution < -0.4 is 44.1 Å². The number of para-hydroxylation sites is 6. The molecule has 714 valence electrons. The Hall–Kier alpha value is -9.01. The first-order chi connectivity index (χ1) is 68.9. The van der Waals surface area contributed by atoms with Crippen LogP contribution >= 0.6 is 0 Å². The minimum Gasteiger partial charge on any atom is -0.409 e. The third kappa shape index (κ3) is 18.9. The van der Waals surface area contributed by atoms with E-state index in [0.717, 1.165) is 106 Å². The van der Waals surface area contributed by atoms with Gasteiger partial charge in [0.25, 0.3) is 0 Å². The third-order valence-corrected chi connectivity index (χ3v) is 32.5. The number of hydrogen-bond donors (Lipinski definition) is 0. The van der Waals surface area contributed by atoms with Crippen molar-refractivity contribution >= 4 is 104 Å². The first-order valence-corrected chi connectivity index (χ1v) is 49.9. The topological polar surface area (TPSA) is 80.9 Å². The molecule has 21 aliphatic rings. The van der Waals surface area contributed by atoms with Gasteiger partial charge in [-0.2, -0.15) is 161 Å². The zero-order valence-electron chi connectivity index (χ0n) is 84.0. The van der Waals surface area contributed by atoms with E-state index in [1.54, 1.807) is 30.1 Å². The van der Waals surface area contributed by atoms with Gasteiger partial charge in [-0.05, 0) is 134 Å². The second-order valence-corrected chi connectivity index (χ2v) is 41.1. The van der Waals surface area contributed by atoms with Crippen LogP contribution in [0.2, 0.25) is 0 Å². The molecule has 0 amide bonds. The molecule has 0 N–H and O–H groups in total. The predicted octanol–water partition coefficient (Wildman–Crippen LogP) is 26.1. The second kappa shape index (κ2) is 44.0. The van der Waals surface area contributed by atoms with Crippen molar-refractivity contribution in [2.45, 2.75) is 211 Å². The molecule has 15 nitrogen and oxygen atoms in total. The fourth-order valence-corrected chi connectivity index (χ4v) is 26.4. The number of nitrogens with zero attached hydrogens (tertiary/aromatic N) is 15. The Morgan fingerprint density at radius 1 is 0.252 bits per heavy atom. The molecule has 0 saturated heterocycles. The van der Waals surface area contributed by atoms with Gasteiger partial charge in [-0.1, -0.05) is 202 Å². The first-order valence-electron chi connectivity index (χ1n) is 49.9. The number of allylic oxidation sites excluding steroid dienone is 6. The van der Waals surface area contributed by atoms with E-state index >= 15 is 0 Å². The number of aromatic nitrogens is 3. The van der Waals surface area contributed by atoms with Gasteiger partial charge in [0.15, 0.2) is 5.69 Å². The molecular formula is C126H105N15Y6-12. The molecular weight excluding hydrogens is 2260 g/mol. The van der Waals surface area contributed by atoms with Crippen molar-refractivity contribution in [2.75, 3.05) is 44.1 Å². The van der Waals surface area contributed by atoms with E-state index < -0.39 is 0 Å². The standard InChI is InChI=1S/C16H10N2.C15H12N2.C15H11N.C14H10N2.C14H12N2.C14H13N.C13H12N2.C13H13N.C12H12N2.6Y/c1-17-13-6-7-16-12(8-13)10-14-9-11-4-2-3-5-15(11)18(14)16;1-9-5-13-8-11-7-12(16-2)6-10-3-4-14(9)17(13)15(10)11;1-3-7-14-11(5-1)9-13-10-12-6-2-4-8-15(12)16(13)14;1-2-4-13-10(3-1)7-12-8-11-9-15-6-5-14(11)16(12)13;1-9-6-13-8-11-7-12(15-3)4-5-14(11)16(13)10(9)2;1-9-7-12-8-11-4-2-3-10-5-6-13(9)15(12)14(10)11;1-8-4-11-5-10-7-14-6-9-2-3-12(8)15(11)13(9)10;1-9-7-12-8-11-5-3-4-6-13(11)14(12)10(9)2;1-8-5-11-6-10-7-13-4-3-12(10)14(11)9(8)2;;;;;;/h2-4,6,8,14H,9-10H2;3-4,6-7,13H,5,8H2,1H3;1-6,13H,9-10H2;1-3,6,9,12H,7-8H2;4,7,13H,2,6,8H2,1H3;2-6,12H,7-8H2,1H3;2-3,6-7,11H,4-5H2,1H3;3-5,12H,2,7-8H2,1H3;4,7,11H,2,5-6H2,1H3;;;;;;/q-2;;3*-2;;;2*-2;;;;;;. The summed E-state index contributed by atoms with van der Waals surface area (Å²) in [6.45, 7) is 46.9. The van der Waals surface area contributed by atoms with Gasteiger partial charge in [0.2, 0.25) is 11.4 Å². The Morgan fingerprint density at radius 2 is 0.537 bits per heavy atom. The summed E-state index contributed by atoms with van der Waals surface area (Å²) in [5.41, 5.74) is 54.1. The maximum Gasteiger partial charge on any atom is 0.208 e. The summed E-state index contributed by atoms with van der Waals surface area (Å²) < 4.78 is 0. The van der Waals surface area contributed by atoms with Crippen molar-refractivity contribution in [1.82, 2.24) is 15.0 Å². The Bertz CT molecular complexity index is 7360. The zero-order valence-corrected chi connectivity index (χ0v) is 101. The van der Waals surface area contributed by atoms with Crippen LogP contribution in [0.25, 0.3) is 32.8 Å². The quantitative estimate of drug-likeness (QED) is 0.136. The van der Waals surface area contributed by atoms with E-state index in [1.807, 2.05) is 79.4 Å². The van der Waals surface area contributed by atoms with Crippen LogP contribution in [0.3, 0.4) is 0 Å². The average Bonchev–Trinajstić information content (AvgIpc) is 1.55. The van der Waals surface area contributed by atoms with Crippen LogP contribution in [-0.4, -0.2) is 69.3 Å².